The van der Waals surface area contributed by atoms with E-state index < -0.39 is 0 Å². The van der Waals surface area contributed by atoms with E-state index in [-0.39, 0.29) is 0 Å². The first-order valence-electron chi connectivity index (χ1n) is 7.61. The highest BCUT2D eigenvalue weighted by molar-refractivity contribution is 8.13. The summed E-state index contributed by atoms with van der Waals surface area (Å²) in [4.78, 5) is 4.84. The SMILES string of the molecule is CC1(CNC2=NCC3(CCCCC3)CS2)CCC1. The summed E-state index contributed by atoms with van der Waals surface area (Å²) in [5, 5.41) is 4.82. The molecule has 0 aromatic carbocycles. The molecule has 1 heterocycles. The molecule has 0 aromatic heterocycles. The highest BCUT2D eigenvalue weighted by atomic mass is 32.2. The number of aliphatic imine (C=N–C) groups is 1. The average Bonchev–Trinajstić information content (AvgIpc) is 2.37. The van der Waals surface area contributed by atoms with Crippen molar-refractivity contribution in [3.05, 3.63) is 0 Å². The summed E-state index contributed by atoms with van der Waals surface area (Å²) in [6.07, 6.45) is 11.3. The second-order valence-electron chi connectivity index (χ2n) is 6.99. The zero-order valence-electron chi connectivity index (χ0n) is 11.6. The molecular formula is C15H26N2S. The van der Waals surface area contributed by atoms with Gasteiger partial charge in [0.25, 0.3) is 0 Å². The maximum absolute atomic E-state index is 4.84. The van der Waals surface area contributed by atoms with Crippen LogP contribution in [-0.2, 0) is 0 Å². The number of amidine groups is 1. The van der Waals surface area contributed by atoms with E-state index in [1.807, 2.05) is 11.8 Å². The molecule has 2 fully saturated rings. The van der Waals surface area contributed by atoms with Crippen molar-refractivity contribution in [3.63, 3.8) is 0 Å². The van der Waals surface area contributed by atoms with Crippen LogP contribution in [0.3, 0.4) is 0 Å². The van der Waals surface area contributed by atoms with Gasteiger partial charge in [-0.3, -0.25) is 4.99 Å². The fraction of sp³-hybridized carbons (Fsp3) is 0.933. The molecule has 0 unspecified atom stereocenters. The second kappa shape index (κ2) is 5.07. The van der Waals surface area contributed by atoms with E-state index in [1.54, 1.807) is 0 Å². The van der Waals surface area contributed by atoms with Crippen molar-refractivity contribution < 1.29 is 0 Å². The lowest BCUT2D eigenvalue weighted by molar-refractivity contribution is 0.165. The van der Waals surface area contributed by atoms with Gasteiger partial charge in [0.05, 0.1) is 0 Å². The summed E-state index contributed by atoms with van der Waals surface area (Å²) in [5.74, 6) is 1.30. The molecule has 3 aliphatic rings. The first-order chi connectivity index (χ1) is 8.70. The molecule has 2 saturated carbocycles. The minimum atomic E-state index is 0.559. The van der Waals surface area contributed by atoms with Gasteiger partial charge in [0.1, 0.15) is 0 Å². The molecule has 0 aromatic rings. The zero-order chi connectivity index (χ0) is 12.5. The van der Waals surface area contributed by atoms with Gasteiger partial charge in [-0.05, 0) is 36.5 Å². The van der Waals surface area contributed by atoms with E-state index in [1.165, 1.54) is 62.3 Å². The molecule has 0 amide bonds. The number of hydrogen-bond donors (Lipinski definition) is 1. The van der Waals surface area contributed by atoms with Gasteiger partial charge in [-0.2, -0.15) is 0 Å². The van der Waals surface area contributed by atoms with Crippen molar-refractivity contribution in [1.82, 2.24) is 5.32 Å². The Morgan fingerprint density at radius 2 is 1.89 bits per heavy atom. The van der Waals surface area contributed by atoms with Gasteiger partial charge in [-0.15, -0.1) is 0 Å². The zero-order valence-corrected chi connectivity index (χ0v) is 12.5. The Labute approximate surface area is 115 Å². The maximum Gasteiger partial charge on any atom is 0.156 e. The molecule has 18 heavy (non-hydrogen) atoms. The molecule has 3 rings (SSSR count). The van der Waals surface area contributed by atoms with E-state index in [2.05, 4.69) is 12.2 Å². The molecule has 1 spiro atoms. The van der Waals surface area contributed by atoms with Crippen LogP contribution in [0.4, 0.5) is 0 Å². The summed E-state index contributed by atoms with van der Waals surface area (Å²) in [7, 11) is 0. The van der Waals surface area contributed by atoms with Crippen LogP contribution in [0, 0.1) is 10.8 Å². The first-order valence-corrected chi connectivity index (χ1v) is 8.60. The van der Waals surface area contributed by atoms with Crippen LogP contribution in [0.5, 0.6) is 0 Å². The molecule has 1 N–H and O–H groups in total. The Kier molecular flexibility index (Phi) is 3.61. The molecule has 102 valence electrons. The van der Waals surface area contributed by atoms with Crippen LogP contribution < -0.4 is 5.32 Å². The Morgan fingerprint density at radius 3 is 2.44 bits per heavy atom. The largest absolute Gasteiger partial charge is 0.364 e. The lowest BCUT2D eigenvalue weighted by Gasteiger charge is -2.41. The fourth-order valence-corrected chi connectivity index (χ4v) is 4.66. The van der Waals surface area contributed by atoms with Gasteiger partial charge in [0.15, 0.2) is 5.17 Å². The predicted octanol–water partition coefficient (Wildman–Crippen LogP) is 3.82. The van der Waals surface area contributed by atoms with Gasteiger partial charge in [0.2, 0.25) is 0 Å². The lowest BCUT2D eigenvalue weighted by Crippen LogP contribution is -2.42. The quantitative estimate of drug-likeness (QED) is 0.821. The van der Waals surface area contributed by atoms with Crippen LogP contribution in [0.2, 0.25) is 0 Å². The van der Waals surface area contributed by atoms with Crippen LogP contribution >= 0.6 is 11.8 Å². The van der Waals surface area contributed by atoms with Gasteiger partial charge >= 0.3 is 0 Å². The smallest absolute Gasteiger partial charge is 0.156 e. The van der Waals surface area contributed by atoms with Crippen molar-refractivity contribution in [2.24, 2.45) is 15.8 Å². The topological polar surface area (TPSA) is 24.4 Å². The first kappa shape index (κ1) is 12.8. The Balaban J connectivity index is 1.50. The van der Waals surface area contributed by atoms with Crippen molar-refractivity contribution >= 4 is 16.9 Å². The monoisotopic (exact) mass is 266 g/mol. The molecule has 0 radical (unpaired) electrons. The van der Waals surface area contributed by atoms with Crippen LogP contribution in [0.1, 0.15) is 58.3 Å². The summed E-state index contributed by atoms with van der Waals surface area (Å²) >= 11 is 1.98. The molecule has 3 heteroatoms. The minimum Gasteiger partial charge on any atom is -0.364 e. The molecular weight excluding hydrogens is 240 g/mol. The van der Waals surface area contributed by atoms with Crippen LogP contribution in [0.25, 0.3) is 0 Å². The Hall–Kier alpha value is -0.180. The standard InChI is InChI=1S/C15H26N2S/c1-14(6-5-7-14)10-16-13-17-11-15(12-18-13)8-3-2-4-9-15/h2-12H2,1H3,(H,16,17). The highest BCUT2D eigenvalue weighted by Crippen LogP contribution is 2.42. The number of rotatable bonds is 2. The Morgan fingerprint density at radius 1 is 1.11 bits per heavy atom. The van der Waals surface area contributed by atoms with Gasteiger partial charge in [0, 0.05) is 18.8 Å². The van der Waals surface area contributed by atoms with E-state index in [0.29, 0.717) is 10.8 Å². The van der Waals surface area contributed by atoms with Crippen molar-refractivity contribution in [3.8, 4) is 0 Å². The number of nitrogens with zero attached hydrogens (tertiary/aromatic N) is 1. The van der Waals surface area contributed by atoms with Crippen molar-refractivity contribution in [1.29, 1.82) is 0 Å². The fourth-order valence-electron chi connectivity index (χ4n) is 3.51. The van der Waals surface area contributed by atoms with E-state index in [0.717, 1.165) is 13.1 Å². The van der Waals surface area contributed by atoms with Crippen molar-refractivity contribution in [2.75, 3.05) is 18.8 Å². The number of hydrogen-bond acceptors (Lipinski definition) is 3. The van der Waals surface area contributed by atoms with Crippen molar-refractivity contribution in [2.45, 2.75) is 58.3 Å². The highest BCUT2D eigenvalue weighted by Gasteiger charge is 2.36. The van der Waals surface area contributed by atoms with Crippen LogP contribution in [-0.4, -0.2) is 24.0 Å². The number of thioether (sulfide) groups is 1. The second-order valence-corrected chi connectivity index (χ2v) is 7.95. The van der Waals surface area contributed by atoms with Gasteiger partial charge in [-0.1, -0.05) is 44.4 Å². The summed E-state index contributed by atoms with van der Waals surface area (Å²) in [6.45, 7) is 4.62. The number of nitrogens with one attached hydrogen (secondary N) is 1. The Bertz CT molecular complexity index is 327. The maximum atomic E-state index is 4.84. The van der Waals surface area contributed by atoms with Gasteiger partial charge < -0.3 is 5.32 Å². The minimum absolute atomic E-state index is 0.559. The molecule has 1 aliphatic heterocycles. The third-order valence-electron chi connectivity index (χ3n) is 5.21. The van der Waals surface area contributed by atoms with E-state index in [4.69, 9.17) is 4.99 Å². The summed E-state index contributed by atoms with van der Waals surface area (Å²) in [6, 6.07) is 0. The molecule has 0 bridgehead atoms. The summed E-state index contributed by atoms with van der Waals surface area (Å²) < 4.78 is 0. The molecule has 2 nitrogen and oxygen atoms in total. The summed E-state index contributed by atoms with van der Waals surface area (Å²) in [5.41, 5.74) is 1.12. The average molecular weight is 266 g/mol. The third kappa shape index (κ3) is 2.71. The van der Waals surface area contributed by atoms with E-state index in [9.17, 15) is 0 Å². The van der Waals surface area contributed by atoms with Gasteiger partial charge in [-0.25, -0.2) is 0 Å². The lowest BCUT2D eigenvalue weighted by atomic mass is 9.70. The molecule has 0 saturated heterocycles. The van der Waals surface area contributed by atoms with E-state index >= 15 is 0 Å². The normalized spacial score (nSPS) is 29.5. The molecule has 2 aliphatic carbocycles. The molecule has 0 atom stereocenters. The third-order valence-corrected chi connectivity index (χ3v) is 6.52. The predicted molar refractivity (Wildman–Crippen MR) is 80.2 cm³/mol. The van der Waals surface area contributed by atoms with Crippen LogP contribution in [0.15, 0.2) is 4.99 Å².